The highest BCUT2D eigenvalue weighted by Gasteiger charge is 2.50. The molecule has 140 valence electrons. The number of rotatable bonds is 9. The van der Waals surface area contributed by atoms with Gasteiger partial charge in [0, 0.05) is 24.9 Å². The maximum atomic E-state index is 12.6. The van der Waals surface area contributed by atoms with Gasteiger partial charge in [-0.3, -0.25) is 9.59 Å². The van der Waals surface area contributed by atoms with Gasteiger partial charge < -0.3 is 14.2 Å². The Morgan fingerprint density at radius 2 is 1.72 bits per heavy atom. The van der Waals surface area contributed by atoms with Crippen molar-refractivity contribution in [2.24, 2.45) is 10.5 Å². The lowest BCUT2D eigenvalue weighted by Gasteiger charge is -2.29. The second-order valence-electron chi connectivity index (χ2n) is 6.35. The largest absolute Gasteiger partial charge is 0.465 e. The number of hydrogen-bond acceptors (Lipinski definition) is 6. The zero-order valence-electron chi connectivity index (χ0n) is 15.8. The SMILES string of the molecule is CCOC(=O)C(CC#C[Si](C)(C)C)(CC(N=[N+]=[N-])OC)C(=O)OCC. The first-order chi connectivity index (χ1) is 11.7. The highest BCUT2D eigenvalue weighted by molar-refractivity contribution is 6.83. The normalized spacial score (nSPS) is 12.2. The molecule has 0 rings (SSSR count). The molecule has 0 N–H and O–H groups in total. The summed E-state index contributed by atoms with van der Waals surface area (Å²) in [5.41, 5.74) is 10.1. The van der Waals surface area contributed by atoms with E-state index in [9.17, 15) is 9.59 Å². The van der Waals surface area contributed by atoms with Crippen LogP contribution in [0.3, 0.4) is 0 Å². The van der Waals surface area contributed by atoms with Crippen LogP contribution in [-0.4, -0.2) is 46.6 Å². The Morgan fingerprint density at radius 1 is 1.20 bits per heavy atom. The Morgan fingerprint density at radius 3 is 2.08 bits per heavy atom. The Hall–Kier alpha value is -2.01. The van der Waals surface area contributed by atoms with Crippen molar-refractivity contribution in [2.75, 3.05) is 20.3 Å². The number of carbonyl (C=O) groups excluding carboxylic acids is 2. The molecule has 0 aromatic rings. The van der Waals surface area contributed by atoms with Crippen molar-refractivity contribution in [3.63, 3.8) is 0 Å². The summed E-state index contributed by atoms with van der Waals surface area (Å²) in [7, 11) is -0.378. The fourth-order valence-electron chi connectivity index (χ4n) is 1.99. The Bertz CT molecular complexity index is 553. The quantitative estimate of drug-likeness (QED) is 0.118. The fourth-order valence-corrected chi connectivity index (χ4v) is 2.61. The van der Waals surface area contributed by atoms with Gasteiger partial charge in [-0.15, -0.1) is 11.5 Å². The van der Waals surface area contributed by atoms with Gasteiger partial charge in [0.1, 0.15) is 14.3 Å². The first kappa shape index (κ1) is 23.0. The van der Waals surface area contributed by atoms with Crippen molar-refractivity contribution in [1.29, 1.82) is 0 Å². The number of carbonyl (C=O) groups is 2. The van der Waals surface area contributed by atoms with E-state index in [-0.39, 0.29) is 26.1 Å². The van der Waals surface area contributed by atoms with Crippen LogP contribution in [0.1, 0.15) is 26.7 Å². The molecule has 0 radical (unpaired) electrons. The molecule has 8 nitrogen and oxygen atoms in total. The van der Waals surface area contributed by atoms with E-state index in [1.54, 1.807) is 13.8 Å². The topological polar surface area (TPSA) is 111 Å². The third-order valence-corrected chi connectivity index (χ3v) is 4.09. The third kappa shape index (κ3) is 7.60. The molecule has 0 bridgehead atoms. The number of methoxy groups -OCH3 is 1. The van der Waals surface area contributed by atoms with Gasteiger partial charge >= 0.3 is 11.9 Å². The van der Waals surface area contributed by atoms with Gasteiger partial charge in [0.15, 0.2) is 5.41 Å². The van der Waals surface area contributed by atoms with E-state index >= 15 is 0 Å². The molecule has 1 unspecified atom stereocenters. The van der Waals surface area contributed by atoms with E-state index in [4.69, 9.17) is 19.7 Å². The lowest BCUT2D eigenvalue weighted by molar-refractivity contribution is -0.174. The monoisotopic (exact) mass is 369 g/mol. The van der Waals surface area contributed by atoms with Gasteiger partial charge in [-0.2, -0.15) is 0 Å². The zero-order valence-corrected chi connectivity index (χ0v) is 16.8. The molecular formula is C16H27N3O5Si. The smallest absolute Gasteiger partial charge is 0.324 e. The lowest BCUT2D eigenvalue weighted by atomic mass is 9.80. The highest BCUT2D eigenvalue weighted by atomic mass is 28.3. The average molecular weight is 369 g/mol. The van der Waals surface area contributed by atoms with Crippen LogP contribution in [0.15, 0.2) is 5.11 Å². The van der Waals surface area contributed by atoms with Crippen molar-refractivity contribution in [1.82, 2.24) is 0 Å². The summed E-state index contributed by atoms with van der Waals surface area (Å²) < 4.78 is 15.3. The van der Waals surface area contributed by atoms with E-state index in [2.05, 4.69) is 21.5 Å². The van der Waals surface area contributed by atoms with Gasteiger partial charge in [0.2, 0.25) is 0 Å². The summed E-state index contributed by atoms with van der Waals surface area (Å²) in [4.78, 5) is 27.9. The van der Waals surface area contributed by atoms with Crippen LogP contribution in [0.4, 0.5) is 0 Å². The molecular weight excluding hydrogens is 342 g/mol. The summed E-state index contributed by atoms with van der Waals surface area (Å²) in [6, 6.07) is 0. The zero-order chi connectivity index (χ0) is 19.5. The Labute approximate surface area is 149 Å². The predicted molar refractivity (Wildman–Crippen MR) is 96.0 cm³/mol. The summed E-state index contributed by atoms with van der Waals surface area (Å²) in [5.74, 6) is 1.42. The Balaban J connectivity index is 6.01. The molecule has 1 atom stereocenters. The molecule has 0 amide bonds. The van der Waals surface area contributed by atoms with Gasteiger partial charge in [0.05, 0.1) is 13.2 Å². The minimum atomic E-state index is -1.71. The van der Waals surface area contributed by atoms with Crippen LogP contribution in [0, 0.1) is 16.9 Å². The molecule has 0 aliphatic rings. The van der Waals surface area contributed by atoms with Gasteiger partial charge in [-0.05, 0) is 19.4 Å². The molecule has 0 saturated carbocycles. The lowest BCUT2D eigenvalue weighted by Crippen LogP contribution is -2.44. The highest BCUT2D eigenvalue weighted by Crippen LogP contribution is 2.33. The second-order valence-corrected chi connectivity index (χ2v) is 11.1. The molecule has 0 aliphatic carbocycles. The Kier molecular flexibility index (Phi) is 9.90. The minimum absolute atomic E-state index is 0.0876. The van der Waals surface area contributed by atoms with Gasteiger partial charge in [-0.25, -0.2) is 0 Å². The molecule has 0 aromatic carbocycles. The molecule has 0 saturated heterocycles. The van der Waals surface area contributed by atoms with Crippen LogP contribution in [0.2, 0.25) is 19.6 Å². The standard InChI is InChI=1S/C16H27N3O5Si/c1-7-23-14(20)16(15(21)24-8-2,10-9-11-25(4,5)6)12-13(22-3)18-19-17/h13H,7-8,10,12H2,1-6H3. The summed E-state index contributed by atoms with van der Waals surface area (Å²) in [6.07, 6.45) is -1.31. The molecule has 25 heavy (non-hydrogen) atoms. The van der Waals surface area contributed by atoms with E-state index in [1.165, 1.54) is 7.11 Å². The van der Waals surface area contributed by atoms with Gasteiger partial charge in [-0.1, -0.05) is 24.8 Å². The molecule has 0 spiro atoms. The average Bonchev–Trinajstić information content (AvgIpc) is 2.52. The van der Waals surface area contributed by atoms with Crippen molar-refractivity contribution in [3.8, 4) is 11.5 Å². The maximum absolute atomic E-state index is 12.6. The van der Waals surface area contributed by atoms with Crippen LogP contribution in [0.5, 0.6) is 0 Å². The number of esters is 2. The third-order valence-electron chi connectivity index (χ3n) is 3.16. The predicted octanol–water partition coefficient (Wildman–Crippen LogP) is 3.04. The van der Waals surface area contributed by atoms with Crippen molar-refractivity contribution < 1.29 is 23.8 Å². The number of nitrogens with zero attached hydrogens (tertiary/aromatic N) is 3. The fraction of sp³-hybridized carbons (Fsp3) is 0.750. The van der Waals surface area contributed by atoms with E-state index in [0.29, 0.717) is 0 Å². The van der Waals surface area contributed by atoms with Crippen molar-refractivity contribution >= 4 is 20.0 Å². The van der Waals surface area contributed by atoms with Crippen molar-refractivity contribution in [3.05, 3.63) is 10.4 Å². The molecule has 0 aliphatic heterocycles. The minimum Gasteiger partial charge on any atom is -0.465 e. The summed E-state index contributed by atoms with van der Waals surface area (Å²) >= 11 is 0. The first-order valence-electron chi connectivity index (χ1n) is 8.08. The van der Waals surface area contributed by atoms with E-state index in [1.807, 2.05) is 19.6 Å². The first-order valence-corrected chi connectivity index (χ1v) is 11.6. The molecule has 9 heteroatoms. The van der Waals surface area contributed by atoms with E-state index in [0.717, 1.165) is 0 Å². The maximum Gasteiger partial charge on any atom is 0.324 e. The number of ether oxygens (including phenoxy) is 3. The summed E-state index contributed by atoms with van der Waals surface area (Å²) in [6.45, 7) is 9.63. The van der Waals surface area contributed by atoms with Crippen LogP contribution >= 0.6 is 0 Å². The van der Waals surface area contributed by atoms with Gasteiger partial charge in [0.25, 0.3) is 0 Å². The van der Waals surface area contributed by atoms with Crippen molar-refractivity contribution in [2.45, 2.75) is 52.6 Å². The van der Waals surface area contributed by atoms with Crippen LogP contribution in [0.25, 0.3) is 10.4 Å². The number of hydrogen-bond donors (Lipinski definition) is 0. The van der Waals surface area contributed by atoms with Crippen LogP contribution < -0.4 is 0 Å². The van der Waals surface area contributed by atoms with E-state index < -0.39 is 31.7 Å². The summed E-state index contributed by atoms with van der Waals surface area (Å²) in [5, 5.41) is 3.47. The molecule has 0 aromatic heterocycles. The molecule has 0 fully saturated rings. The molecule has 0 heterocycles. The second kappa shape index (κ2) is 10.8. The van der Waals surface area contributed by atoms with Crippen LogP contribution in [-0.2, 0) is 23.8 Å². The number of azide groups is 1.